The monoisotopic (exact) mass is 476 g/mol. The van der Waals surface area contributed by atoms with Crippen molar-refractivity contribution < 1.29 is 18.7 Å². The Kier molecular flexibility index (Phi) is 7.34. The van der Waals surface area contributed by atoms with Gasteiger partial charge >= 0.3 is 5.97 Å². The van der Waals surface area contributed by atoms with Crippen molar-refractivity contribution in [1.82, 2.24) is 19.6 Å². The number of amides is 1. The van der Waals surface area contributed by atoms with Crippen molar-refractivity contribution in [2.45, 2.75) is 46.2 Å². The minimum atomic E-state index is -0.366. The highest BCUT2D eigenvalue weighted by atomic mass is 35.5. The van der Waals surface area contributed by atoms with E-state index in [0.29, 0.717) is 36.8 Å². The summed E-state index contributed by atoms with van der Waals surface area (Å²) in [5.74, 6) is -0.675. The Hall–Kier alpha value is -2.45. The molecule has 1 unspecified atom stereocenters. The number of carbonyl (C=O) groups is 2. The summed E-state index contributed by atoms with van der Waals surface area (Å²) in [6, 6.07) is 4.64. The largest absolute Gasteiger partial charge is 0.466 e. The smallest absolute Gasteiger partial charge is 0.310 e. The average Bonchev–Trinajstić information content (AvgIpc) is 3.10. The van der Waals surface area contributed by atoms with Gasteiger partial charge in [-0.3, -0.25) is 19.2 Å². The van der Waals surface area contributed by atoms with E-state index in [-0.39, 0.29) is 36.7 Å². The van der Waals surface area contributed by atoms with E-state index < -0.39 is 0 Å². The van der Waals surface area contributed by atoms with E-state index in [2.05, 4.69) is 10.00 Å². The third kappa shape index (κ3) is 5.38. The van der Waals surface area contributed by atoms with Gasteiger partial charge in [0.25, 0.3) is 0 Å². The summed E-state index contributed by atoms with van der Waals surface area (Å²) >= 11 is 5.88. The van der Waals surface area contributed by atoms with E-state index in [4.69, 9.17) is 16.3 Å². The van der Waals surface area contributed by atoms with Crippen molar-refractivity contribution in [3.05, 3.63) is 51.6 Å². The quantitative estimate of drug-likeness (QED) is 0.599. The molecule has 0 saturated carbocycles. The second kappa shape index (κ2) is 10.2. The van der Waals surface area contributed by atoms with Gasteiger partial charge in [-0.05, 0) is 57.4 Å². The molecule has 3 heterocycles. The van der Waals surface area contributed by atoms with Crippen LogP contribution in [0.2, 0.25) is 5.02 Å². The summed E-state index contributed by atoms with van der Waals surface area (Å²) in [4.78, 5) is 29.1. The fourth-order valence-corrected chi connectivity index (χ4v) is 4.93. The van der Waals surface area contributed by atoms with Gasteiger partial charge in [0.05, 0.1) is 43.5 Å². The molecule has 1 amide bonds. The number of esters is 1. The van der Waals surface area contributed by atoms with E-state index in [9.17, 15) is 14.0 Å². The predicted octanol–water partition coefficient (Wildman–Crippen LogP) is 3.19. The summed E-state index contributed by atoms with van der Waals surface area (Å²) in [5, 5.41) is 4.98. The van der Waals surface area contributed by atoms with Crippen LogP contribution in [0, 0.1) is 18.7 Å². The summed E-state index contributed by atoms with van der Waals surface area (Å²) in [5.41, 5.74) is 3.50. The van der Waals surface area contributed by atoms with Crippen LogP contribution in [0.15, 0.2) is 18.2 Å². The normalized spacial score (nSPS) is 18.8. The van der Waals surface area contributed by atoms with Crippen LogP contribution in [0.25, 0.3) is 0 Å². The minimum absolute atomic E-state index is 0.0354. The second-order valence-electron chi connectivity index (χ2n) is 8.80. The van der Waals surface area contributed by atoms with Crippen LogP contribution >= 0.6 is 11.6 Å². The summed E-state index contributed by atoms with van der Waals surface area (Å²) < 4.78 is 21.3. The fraction of sp³-hybridized carbons (Fsp3) is 0.542. The molecule has 1 atom stereocenters. The van der Waals surface area contributed by atoms with Crippen molar-refractivity contribution in [3.8, 4) is 0 Å². The van der Waals surface area contributed by atoms with Crippen molar-refractivity contribution in [2.75, 3.05) is 32.8 Å². The first-order valence-electron chi connectivity index (χ1n) is 11.5. The molecule has 9 heteroatoms. The zero-order valence-corrected chi connectivity index (χ0v) is 19.9. The zero-order valence-electron chi connectivity index (χ0n) is 19.1. The number of benzene rings is 1. The van der Waals surface area contributed by atoms with Crippen LogP contribution in [-0.2, 0) is 33.8 Å². The fourth-order valence-electron chi connectivity index (χ4n) is 4.77. The molecule has 0 radical (unpaired) electrons. The Labute approximate surface area is 198 Å². The standard InChI is InChI=1S/C24H30ClFN4O3/c1-3-33-24(32)18-5-4-9-28(12-18)15-23(31)29-10-8-20-16(2)27-30(22(20)14-29)13-17-6-7-19(25)11-21(17)26/h6-7,11,18H,3-5,8-10,12-15H2,1-2H3. The molecule has 2 aliphatic heterocycles. The summed E-state index contributed by atoms with van der Waals surface area (Å²) in [7, 11) is 0. The Morgan fingerprint density at radius 2 is 2.12 bits per heavy atom. The van der Waals surface area contributed by atoms with E-state index in [1.165, 1.54) is 6.07 Å². The van der Waals surface area contributed by atoms with Crippen LogP contribution < -0.4 is 0 Å². The third-order valence-corrected chi connectivity index (χ3v) is 6.75. The number of carbonyl (C=O) groups excluding carboxylic acids is 2. The van der Waals surface area contributed by atoms with Crippen LogP contribution in [0.5, 0.6) is 0 Å². The van der Waals surface area contributed by atoms with Gasteiger partial charge in [0, 0.05) is 23.7 Å². The molecular formula is C24H30ClFN4O3. The molecule has 7 nitrogen and oxygen atoms in total. The SMILES string of the molecule is CCOC(=O)C1CCCN(CC(=O)N2CCc3c(C)nn(Cc4ccc(Cl)cc4F)c3C2)C1. The second-order valence-corrected chi connectivity index (χ2v) is 9.23. The molecule has 0 N–H and O–H groups in total. The van der Waals surface area contributed by atoms with Gasteiger partial charge in [-0.1, -0.05) is 17.7 Å². The van der Waals surface area contributed by atoms with E-state index in [1.54, 1.807) is 23.7 Å². The van der Waals surface area contributed by atoms with Gasteiger partial charge in [-0.15, -0.1) is 0 Å². The lowest BCUT2D eigenvalue weighted by atomic mass is 9.98. The number of halogens is 2. The molecule has 0 spiro atoms. The molecule has 1 saturated heterocycles. The number of nitrogens with zero attached hydrogens (tertiary/aromatic N) is 4. The zero-order chi connectivity index (χ0) is 23.5. The van der Waals surface area contributed by atoms with Crippen LogP contribution in [0.4, 0.5) is 4.39 Å². The highest BCUT2D eigenvalue weighted by Crippen LogP contribution is 2.25. The number of aryl methyl sites for hydroxylation is 1. The Balaban J connectivity index is 1.43. The number of aromatic nitrogens is 2. The van der Waals surface area contributed by atoms with E-state index >= 15 is 0 Å². The Morgan fingerprint density at radius 3 is 2.88 bits per heavy atom. The van der Waals surface area contributed by atoms with Gasteiger partial charge in [-0.2, -0.15) is 5.10 Å². The first kappa shape index (κ1) is 23.7. The van der Waals surface area contributed by atoms with E-state index in [0.717, 1.165) is 42.8 Å². The summed E-state index contributed by atoms with van der Waals surface area (Å²) in [6.07, 6.45) is 2.40. The minimum Gasteiger partial charge on any atom is -0.466 e. The molecule has 33 heavy (non-hydrogen) atoms. The number of hydrogen-bond donors (Lipinski definition) is 0. The maximum atomic E-state index is 14.3. The number of piperidine rings is 1. The first-order valence-corrected chi connectivity index (χ1v) is 11.9. The highest BCUT2D eigenvalue weighted by molar-refractivity contribution is 6.30. The molecular weight excluding hydrogens is 447 g/mol. The maximum Gasteiger partial charge on any atom is 0.310 e. The lowest BCUT2D eigenvalue weighted by Gasteiger charge is -2.34. The van der Waals surface area contributed by atoms with Gasteiger partial charge < -0.3 is 9.64 Å². The van der Waals surface area contributed by atoms with Crippen molar-refractivity contribution in [2.24, 2.45) is 5.92 Å². The highest BCUT2D eigenvalue weighted by Gasteiger charge is 2.31. The maximum absolute atomic E-state index is 14.3. The van der Waals surface area contributed by atoms with Gasteiger partial charge in [0.1, 0.15) is 5.82 Å². The number of fused-ring (bicyclic) bond motifs is 1. The van der Waals surface area contributed by atoms with Crippen LogP contribution in [0.3, 0.4) is 0 Å². The van der Waals surface area contributed by atoms with Crippen molar-refractivity contribution >= 4 is 23.5 Å². The number of ether oxygens (including phenoxy) is 1. The molecule has 1 aromatic heterocycles. The molecule has 1 fully saturated rings. The topological polar surface area (TPSA) is 67.7 Å². The Bertz CT molecular complexity index is 1040. The molecule has 2 aromatic rings. The average molecular weight is 477 g/mol. The van der Waals surface area contributed by atoms with Crippen molar-refractivity contribution in [3.63, 3.8) is 0 Å². The lowest BCUT2D eigenvalue weighted by molar-refractivity contribution is -0.150. The van der Waals surface area contributed by atoms with Gasteiger partial charge in [0.2, 0.25) is 5.91 Å². The van der Waals surface area contributed by atoms with Gasteiger partial charge in [-0.25, -0.2) is 4.39 Å². The van der Waals surface area contributed by atoms with E-state index in [1.807, 2.05) is 11.8 Å². The molecule has 1 aromatic carbocycles. The predicted molar refractivity (Wildman–Crippen MR) is 122 cm³/mol. The van der Waals surface area contributed by atoms with Crippen molar-refractivity contribution in [1.29, 1.82) is 0 Å². The number of hydrogen-bond acceptors (Lipinski definition) is 5. The summed E-state index contributed by atoms with van der Waals surface area (Å²) in [6.45, 7) is 7.12. The first-order chi connectivity index (χ1) is 15.9. The number of rotatable bonds is 6. The molecule has 0 aliphatic carbocycles. The molecule has 178 valence electrons. The molecule has 0 bridgehead atoms. The van der Waals surface area contributed by atoms with Crippen LogP contribution in [-0.4, -0.2) is 64.2 Å². The Morgan fingerprint density at radius 1 is 1.30 bits per heavy atom. The number of likely N-dealkylation sites (tertiary alicyclic amines) is 1. The van der Waals surface area contributed by atoms with Gasteiger partial charge in [0.15, 0.2) is 0 Å². The van der Waals surface area contributed by atoms with Crippen LogP contribution in [0.1, 0.15) is 42.3 Å². The molecule has 4 rings (SSSR count). The third-order valence-electron chi connectivity index (χ3n) is 6.51. The lowest BCUT2D eigenvalue weighted by Crippen LogP contribution is -2.47. The molecule has 2 aliphatic rings.